The van der Waals surface area contributed by atoms with Gasteiger partial charge in [0.15, 0.2) is 0 Å². The van der Waals surface area contributed by atoms with Crippen LogP contribution in [0.1, 0.15) is 50.4 Å². The molecule has 1 saturated heterocycles. The van der Waals surface area contributed by atoms with E-state index in [2.05, 4.69) is 0 Å². The van der Waals surface area contributed by atoms with Crippen molar-refractivity contribution in [3.05, 3.63) is 94.8 Å². The van der Waals surface area contributed by atoms with Crippen molar-refractivity contribution >= 4 is 23.1 Å². The molecule has 6 nitrogen and oxygen atoms in total. The smallest absolute Gasteiger partial charge is 0.300 e. The lowest BCUT2D eigenvalue weighted by Gasteiger charge is -2.27. The third-order valence-corrected chi connectivity index (χ3v) is 6.33. The second kappa shape index (κ2) is 10.1. The van der Waals surface area contributed by atoms with Crippen molar-refractivity contribution in [2.24, 2.45) is 0 Å². The number of anilines is 1. The lowest BCUT2D eigenvalue weighted by Crippen LogP contribution is -2.29. The number of carbonyl (C=O) groups excluding carboxylic acids is 2. The summed E-state index contributed by atoms with van der Waals surface area (Å²) in [5.41, 5.74) is 1.45. The van der Waals surface area contributed by atoms with Gasteiger partial charge in [-0.05, 0) is 54.8 Å². The number of ketones is 1. The van der Waals surface area contributed by atoms with Crippen molar-refractivity contribution < 1.29 is 28.6 Å². The van der Waals surface area contributed by atoms with E-state index in [0.29, 0.717) is 29.2 Å². The summed E-state index contributed by atoms with van der Waals surface area (Å²) in [4.78, 5) is 28.0. The Morgan fingerprint density at radius 2 is 1.73 bits per heavy atom. The number of para-hydroxylation sites is 1. The maximum absolute atomic E-state index is 14.2. The largest absolute Gasteiger partial charge is 0.507 e. The molecule has 7 heteroatoms. The molecule has 1 atom stereocenters. The molecule has 0 aliphatic carbocycles. The van der Waals surface area contributed by atoms with Crippen LogP contribution in [0.2, 0.25) is 0 Å². The number of halogens is 1. The summed E-state index contributed by atoms with van der Waals surface area (Å²) in [5.74, 6) is -1.54. The minimum Gasteiger partial charge on any atom is -0.507 e. The minimum atomic E-state index is -1.04. The van der Waals surface area contributed by atoms with E-state index >= 15 is 0 Å². The number of hydrogen-bond donors (Lipinski definition) is 1. The Morgan fingerprint density at radius 3 is 2.38 bits per heavy atom. The summed E-state index contributed by atoms with van der Waals surface area (Å²) >= 11 is 0. The summed E-state index contributed by atoms with van der Waals surface area (Å²) in [6.07, 6.45) is 0. The molecule has 0 radical (unpaired) electrons. The molecule has 0 spiro atoms. The molecule has 1 aliphatic heterocycles. The van der Waals surface area contributed by atoms with Crippen LogP contribution in [0.15, 0.2) is 72.3 Å². The van der Waals surface area contributed by atoms with Gasteiger partial charge in [0, 0.05) is 22.4 Å². The van der Waals surface area contributed by atoms with Crippen LogP contribution in [0.5, 0.6) is 11.5 Å². The third kappa shape index (κ3) is 4.81. The van der Waals surface area contributed by atoms with Crippen molar-refractivity contribution in [2.45, 2.75) is 39.2 Å². The molecule has 1 aliphatic rings. The van der Waals surface area contributed by atoms with E-state index in [9.17, 15) is 19.1 Å². The Hall–Kier alpha value is -4.13. The predicted molar refractivity (Wildman–Crippen MR) is 140 cm³/mol. The Bertz CT molecular complexity index is 1390. The van der Waals surface area contributed by atoms with E-state index in [1.165, 1.54) is 30.2 Å². The molecule has 192 valence electrons. The molecule has 1 heterocycles. The fraction of sp³-hybridized carbons (Fsp3) is 0.267. The molecule has 1 N–H and O–H groups in total. The molecule has 0 saturated carbocycles. The number of methoxy groups -OCH3 is 1. The van der Waals surface area contributed by atoms with Crippen LogP contribution in [0.3, 0.4) is 0 Å². The average Bonchev–Trinajstić information content (AvgIpc) is 3.13. The van der Waals surface area contributed by atoms with Gasteiger partial charge in [0.1, 0.15) is 23.1 Å². The number of ether oxygens (including phenoxy) is 2. The Balaban J connectivity index is 1.99. The van der Waals surface area contributed by atoms with E-state index in [0.717, 1.165) is 5.56 Å². The maximum Gasteiger partial charge on any atom is 0.300 e. The number of carbonyl (C=O) groups is 2. The highest BCUT2D eigenvalue weighted by Gasteiger charge is 2.48. The van der Waals surface area contributed by atoms with E-state index in [4.69, 9.17) is 9.47 Å². The predicted octanol–water partition coefficient (Wildman–Crippen LogP) is 6.16. The highest BCUT2D eigenvalue weighted by atomic mass is 19.1. The van der Waals surface area contributed by atoms with Gasteiger partial charge in [0.05, 0.1) is 25.3 Å². The second-order valence-electron chi connectivity index (χ2n) is 9.78. The number of rotatable bonds is 6. The van der Waals surface area contributed by atoms with E-state index in [1.807, 2.05) is 27.7 Å². The zero-order valence-electron chi connectivity index (χ0n) is 21.5. The van der Waals surface area contributed by atoms with Gasteiger partial charge in [0.2, 0.25) is 0 Å². The number of hydrogen-bond acceptors (Lipinski definition) is 5. The quantitative estimate of drug-likeness (QED) is 0.248. The first-order chi connectivity index (χ1) is 17.6. The van der Waals surface area contributed by atoms with Gasteiger partial charge in [-0.3, -0.25) is 14.5 Å². The van der Waals surface area contributed by atoms with Crippen LogP contribution in [-0.4, -0.2) is 30.5 Å². The monoisotopic (exact) mass is 503 g/mol. The van der Waals surface area contributed by atoms with Crippen LogP contribution >= 0.6 is 0 Å². The Morgan fingerprint density at radius 1 is 1.00 bits per heavy atom. The first kappa shape index (κ1) is 25.9. The topological polar surface area (TPSA) is 76.1 Å². The van der Waals surface area contributed by atoms with E-state index in [1.54, 1.807) is 48.5 Å². The first-order valence-corrected chi connectivity index (χ1v) is 12.1. The van der Waals surface area contributed by atoms with E-state index < -0.39 is 23.5 Å². The number of aliphatic hydroxyl groups excluding tert-OH is 1. The summed E-state index contributed by atoms with van der Waals surface area (Å²) in [7, 11) is 1.48. The van der Waals surface area contributed by atoms with Gasteiger partial charge in [0.25, 0.3) is 11.7 Å². The zero-order chi connectivity index (χ0) is 26.9. The lowest BCUT2D eigenvalue weighted by atomic mass is 9.84. The van der Waals surface area contributed by atoms with Gasteiger partial charge in [-0.1, -0.05) is 45.0 Å². The number of nitrogens with zero attached hydrogens (tertiary/aromatic N) is 1. The van der Waals surface area contributed by atoms with Gasteiger partial charge >= 0.3 is 0 Å². The third-order valence-electron chi connectivity index (χ3n) is 6.33. The highest BCUT2D eigenvalue weighted by Crippen LogP contribution is 2.45. The van der Waals surface area contributed by atoms with Crippen molar-refractivity contribution in [1.82, 2.24) is 0 Å². The molecule has 1 unspecified atom stereocenters. The second-order valence-corrected chi connectivity index (χ2v) is 9.78. The van der Waals surface area contributed by atoms with Gasteiger partial charge in [-0.25, -0.2) is 4.39 Å². The Labute approximate surface area is 215 Å². The molecule has 37 heavy (non-hydrogen) atoms. The SMILES string of the molecule is CCOc1ccc(/C(O)=C2\C(=O)C(=O)N(c3cccc(F)c3)C2c2ccccc2OC)cc1C(C)(C)C. The molecular weight excluding hydrogens is 473 g/mol. The number of aliphatic hydroxyl groups is 1. The van der Waals surface area contributed by atoms with Crippen LogP contribution in [0.4, 0.5) is 10.1 Å². The number of Topliss-reactive ketones (excluding diaryl/α,β-unsaturated/α-hetero) is 1. The molecule has 1 fully saturated rings. The fourth-order valence-corrected chi connectivity index (χ4v) is 4.61. The van der Waals surface area contributed by atoms with Crippen molar-refractivity contribution in [3.63, 3.8) is 0 Å². The molecular formula is C30H30FNO5. The number of amides is 1. The van der Waals surface area contributed by atoms with Crippen LogP contribution in [0.25, 0.3) is 5.76 Å². The zero-order valence-corrected chi connectivity index (χ0v) is 21.5. The lowest BCUT2D eigenvalue weighted by molar-refractivity contribution is -0.132. The van der Waals surface area contributed by atoms with Gasteiger partial charge < -0.3 is 14.6 Å². The summed E-state index contributed by atoms with van der Waals surface area (Å²) < 4.78 is 25.5. The maximum atomic E-state index is 14.2. The minimum absolute atomic E-state index is 0.109. The fourth-order valence-electron chi connectivity index (χ4n) is 4.61. The Kier molecular flexibility index (Phi) is 7.07. The van der Waals surface area contributed by atoms with Crippen molar-refractivity contribution in [1.29, 1.82) is 0 Å². The first-order valence-electron chi connectivity index (χ1n) is 12.1. The summed E-state index contributed by atoms with van der Waals surface area (Å²) in [6, 6.07) is 16.5. The molecule has 0 bridgehead atoms. The van der Waals surface area contributed by atoms with Crippen molar-refractivity contribution in [2.75, 3.05) is 18.6 Å². The standard InChI is InChI=1S/C30H30FNO5/c1-6-37-24-15-14-18(16-22(24)30(2,3)4)27(33)25-26(21-12-7-8-13-23(21)36-5)32(29(35)28(25)34)20-11-9-10-19(31)17-20/h7-17,26,33H,6H2,1-5H3/b27-25+. The van der Waals surface area contributed by atoms with Crippen LogP contribution < -0.4 is 14.4 Å². The van der Waals surface area contributed by atoms with E-state index in [-0.39, 0.29) is 22.4 Å². The molecule has 4 rings (SSSR count). The molecule has 1 amide bonds. The van der Waals surface area contributed by atoms with Gasteiger partial charge in [-0.15, -0.1) is 0 Å². The number of benzene rings is 3. The van der Waals surface area contributed by atoms with Crippen LogP contribution in [0, 0.1) is 5.82 Å². The summed E-state index contributed by atoms with van der Waals surface area (Å²) in [5, 5.41) is 11.6. The van der Waals surface area contributed by atoms with Crippen molar-refractivity contribution in [3.8, 4) is 11.5 Å². The van der Waals surface area contributed by atoms with Gasteiger partial charge in [-0.2, -0.15) is 0 Å². The molecule has 3 aromatic carbocycles. The normalized spacial score (nSPS) is 17.2. The summed E-state index contributed by atoms with van der Waals surface area (Å²) in [6.45, 7) is 8.42. The average molecular weight is 504 g/mol. The molecule has 0 aromatic heterocycles. The van der Waals surface area contributed by atoms with Crippen LogP contribution in [-0.2, 0) is 15.0 Å². The molecule has 3 aromatic rings. The highest BCUT2D eigenvalue weighted by molar-refractivity contribution is 6.51.